The molecule has 0 bridgehead atoms. The molecule has 1 N–H and O–H groups in total. The molecule has 0 radical (unpaired) electrons. The van der Waals surface area contributed by atoms with Crippen LogP contribution >= 0.6 is 0 Å². The van der Waals surface area contributed by atoms with Gasteiger partial charge in [0.25, 0.3) is 0 Å². The van der Waals surface area contributed by atoms with Crippen LogP contribution in [0.3, 0.4) is 0 Å². The minimum Gasteiger partial charge on any atom is -0.388 e. The molecule has 5 nitrogen and oxygen atoms in total. The van der Waals surface area contributed by atoms with Crippen LogP contribution in [0.25, 0.3) is 0 Å². The van der Waals surface area contributed by atoms with E-state index in [9.17, 15) is 0 Å². The Labute approximate surface area is 83.7 Å². The highest BCUT2D eigenvalue weighted by molar-refractivity contribution is 4.81. The summed E-state index contributed by atoms with van der Waals surface area (Å²) in [5.41, 5.74) is 0. The van der Waals surface area contributed by atoms with Gasteiger partial charge in [-0.15, -0.1) is 10.2 Å². The zero-order valence-corrected chi connectivity index (χ0v) is 8.52. The van der Waals surface area contributed by atoms with Crippen LogP contribution in [0.1, 0.15) is 25.6 Å². The lowest BCUT2D eigenvalue weighted by atomic mass is 10.4. The normalized spacial score (nSPS) is 10.7. The number of nitrogens with zero attached hydrogens (tertiary/aromatic N) is 3. The first kappa shape index (κ1) is 11.1. The largest absolute Gasteiger partial charge is 0.388 e. The second-order valence-electron chi connectivity index (χ2n) is 3.06. The predicted molar refractivity (Wildman–Crippen MR) is 51.7 cm³/mol. The van der Waals surface area contributed by atoms with E-state index in [4.69, 9.17) is 9.84 Å². The van der Waals surface area contributed by atoms with Gasteiger partial charge in [0.2, 0.25) is 0 Å². The standard InChI is InChI=1S/C9H17N3O2/c1-2-3-5-14-6-4-12-8-10-11-9(12)7-13/h8,13H,2-7H2,1H3. The maximum Gasteiger partial charge on any atom is 0.158 e. The number of hydrogen-bond donors (Lipinski definition) is 1. The Morgan fingerprint density at radius 3 is 3.07 bits per heavy atom. The molecule has 5 heteroatoms. The summed E-state index contributed by atoms with van der Waals surface area (Å²) in [7, 11) is 0. The first-order valence-electron chi connectivity index (χ1n) is 4.93. The molecule has 0 aliphatic rings. The Hall–Kier alpha value is -0.940. The van der Waals surface area contributed by atoms with Crippen molar-refractivity contribution in [2.24, 2.45) is 0 Å². The minimum absolute atomic E-state index is 0.0744. The highest BCUT2D eigenvalue weighted by Crippen LogP contribution is 1.95. The van der Waals surface area contributed by atoms with Crippen LogP contribution in [0.2, 0.25) is 0 Å². The lowest BCUT2D eigenvalue weighted by molar-refractivity contribution is 0.121. The summed E-state index contributed by atoms with van der Waals surface area (Å²) in [4.78, 5) is 0. The third-order valence-corrected chi connectivity index (χ3v) is 1.96. The van der Waals surface area contributed by atoms with E-state index in [0.717, 1.165) is 19.4 Å². The fourth-order valence-corrected chi connectivity index (χ4v) is 1.10. The topological polar surface area (TPSA) is 60.2 Å². The molecule has 1 rings (SSSR count). The molecule has 0 saturated carbocycles. The number of aromatic nitrogens is 3. The second kappa shape index (κ2) is 6.50. The van der Waals surface area contributed by atoms with Gasteiger partial charge in [0, 0.05) is 13.2 Å². The number of aliphatic hydroxyl groups is 1. The third-order valence-electron chi connectivity index (χ3n) is 1.96. The molecule has 0 spiro atoms. The van der Waals surface area contributed by atoms with E-state index in [1.54, 1.807) is 10.9 Å². The molecule has 1 aromatic heterocycles. The van der Waals surface area contributed by atoms with Crippen LogP contribution < -0.4 is 0 Å². The van der Waals surface area contributed by atoms with Crippen LogP contribution in [0, 0.1) is 0 Å². The molecule has 0 unspecified atom stereocenters. The molecule has 0 aromatic carbocycles. The molecule has 0 aliphatic heterocycles. The predicted octanol–water partition coefficient (Wildman–Crippen LogP) is 0.587. The molecule has 14 heavy (non-hydrogen) atoms. The van der Waals surface area contributed by atoms with Gasteiger partial charge in [-0.25, -0.2) is 0 Å². The lowest BCUT2D eigenvalue weighted by Crippen LogP contribution is -2.09. The zero-order chi connectivity index (χ0) is 10.2. The van der Waals surface area contributed by atoms with Crippen molar-refractivity contribution in [1.82, 2.24) is 14.8 Å². The van der Waals surface area contributed by atoms with E-state index in [1.165, 1.54) is 0 Å². The minimum atomic E-state index is -0.0744. The summed E-state index contributed by atoms with van der Waals surface area (Å²) in [5.74, 6) is 0.587. The summed E-state index contributed by atoms with van der Waals surface area (Å²) >= 11 is 0. The number of rotatable bonds is 7. The fraction of sp³-hybridized carbons (Fsp3) is 0.778. The Morgan fingerprint density at radius 1 is 1.50 bits per heavy atom. The van der Waals surface area contributed by atoms with Crippen molar-refractivity contribution in [2.45, 2.75) is 32.9 Å². The Morgan fingerprint density at radius 2 is 2.36 bits per heavy atom. The summed E-state index contributed by atoms with van der Waals surface area (Å²) in [6.45, 7) is 4.20. The van der Waals surface area contributed by atoms with Crippen molar-refractivity contribution < 1.29 is 9.84 Å². The van der Waals surface area contributed by atoms with Gasteiger partial charge in [-0.2, -0.15) is 0 Å². The number of unbranched alkanes of at least 4 members (excludes halogenated alkanes) is 1. The van der Waals surface area contributed by atoms with E-state index >= 15 is 0 Å². The average Bonchev–Trinajstić information content (AvgIpc) is 2.65. The molecule has 0 atom stereocenters. The van der Waals surface area contributed by atoms with Crippen molar-refractivity contribution in [1.29, 1.82) is 0 Å². The molecule has 0 fully saturated rings. The maximum absolute atomic E-state index is 8.88. The zero-order valence-electron chi connectivity index (χ0n) is 8.52. The van der Waals surface area contributed by atoms with Gasteiger partial charge in [-0.1, -0.05) is 13.3 Å². The first-order valence-corrected chi connectivity index (χ1v) is 4.93. The van der Waals surface area contributed by atoms with Gasteiger partial charge in [-0.05, 0) is 6.42 Å². The highest BCUT2D eigenvalue weighted by atomic mass is 16.5. The smallest absolute Gasteiger partial charge is 0.158 e. The van der Waals surface area contributed by atoms with Gasteiger partial charge in [0.05, 0.1) is 6.61 Å². The lowest BCUT2D eigenvalue weighted by Gasteiger charge is -2.05. The summed E-state index contributed by atoms with van der Waals surface area (Å²) < 4.78 is 7.19. The molecule has 1 aromatic rings. The Kier molecular flexibility index (Phi) is 5.17. The van der Waals surface area contributed by atoms with Gasteiger partial charge in [0.15, 0.2) is 5.82 Å². The van der Waals surface area contributed by atoms with E-state index in [1.807, 2.05) is 0 Å². The fourth-order valence-electron chi connectivity index (χ4n) is 1.10. The number of aliphatic hydroxyl groups excluding tert-OH is 1. The first-order chi connectivity index (χ1) is 6.88. The van der Waals surface area contributed by atoms with Crippen LogP contribution in [-0.2, 0) is 17.9 Å². The summed E-state index contributed by atoms with van der Waals surface area (Å²) in [6, 6.07) is 0. The van der Waals surface area contributed by atoms with Crippen molar-refractivity contribution in [3.8, 4) is 0 Å². The molecule has 0 saturated heterocycles. The van der Waals surface area contributed by atoms with Gasteiger partial charge >= 0.3 is 0 Å². The van der Waals surface area contributed by atoms with Gasteiger partial charge < -0.3 is 14.4 Å². The van der Waals surface area contributed by atoms with E-state index in [2.05, 4.69) is 17.1 Å². The molecule has 0 amide bonds. The molecular formula is C9H17N3O2. The van der Waals surface area contributed by atoms with Gasteiger partial charge in [0.1, 0.15) is 12.9 Å². The van der Waals surface area contributed by atoms with Crippen molar-refractivity contribution in [2.75, 3.05) is 13.2 Å². The van der Waals surface area contributed by atoms with Crippen LogP contribution in [0.5, 0.6) is 0 Å². The highest BCUT2D eigenvalue weighted by Gasteiger charge is 2.00. The second-order valence-corrected chi connectivity index (χ2v) is 3.06. The van der Waals surface area contributed by atoms with Crippen LogP contribution in [0.4, 0.5) is 0 Å². The van der Waals surface area contributed by atoms with Crippen molar-refractivity contribution >= 4 is 0 Å². The Balaban J connectivity index is 2.17. The SMILES string of the molecule is CCCCOCCn1cnnc1CO. The molecular weight excluding hydrogens is 182 g/mol. The van der Waals surface area contributed by atoms with Crippen LogP contribution in [0.15, 0.2) is 6.33 Å². The molecule has 1 heterocycles. The average molecular weight is 199 g/mol. The number of ether oxygens (including phenoxy) is 1. The Bertz CT molecular complexity index is 250. The summed E-state index contributed by atoms with van der Waals surface area (Å²) in [6.07, 6.45) is 3.85. The summed E-state index contributed by atoms with van der Waals surface area (Å²) in [5, 5.41) is 16.3. The van der Waals surface area contributed by atoms with Gasteiger partial charge in [-0.3, -0.25) is 0 Å². The van der Waals surface area contributed by atoms with Crippen molar-refractivity contribution in [3.05, 3.63) is 12.2 Å². The van der Waals surface area contributed by atoms with Crippen molar-refractivity contribution in [3.63, 3.8) is 0 Å². The monoisotopic (exact) mass is 199 g/mol. The quantitative estimate of drug-likeness (QED) is 0.653. The maximum atomic E-state index is 8.88. The third kappa shape index (κ3) is 3.43. The number of hydrogen-bond acceptors (Lipinski definition) is 4. The van der Waals surface area contributed by atoms with Crippen LogP contribution in [-0.4, -0.2) is 33.1 Å². The van der Waals surface area contributed by atoms with E-state index in [-0.39, 0.29) is 6.61 Å². The molecule has 0 aliphatic carbocycles. The molecule has 80 valence electrons. The van der Waals surface area contributed by atoms with E-state index < -0.39 is 0 Å². The van der Waals surface area contributed by atoms with E-state index in [0.29, 0.717) is 19.0 Å².